The third-order valence-corrected chi connectivity index (χ3v) is 3.90. The number of rotatable bonds is 10. The molecule has 1 aromatic carbocycles. The largest absolute Gasteiger partial charge is 0.493 e. The molecule has 0 aliphatic carbocycles. The first-order valence-electron chi connectivity index (χ1n) is 7.31. The summed E-state index contributed by atoms with van der Waals surface area (Å²) in [4.78, 5) is 0. The highest BCUT2D eigenvalue weighted by atomic mass is 79.9. The lowest BCUT2D eigenvalue weighted by Crippen LogP contribution is -2.18. The molecule has 0 saturated heterocycles. The molecule has 4 nitrogen and oxygen atoms in total. The molecule has 1 atom stereocenters. The van der Waals surface area contributed by atoms with E-state index in [4.69, 9.17) is 14.2 Å². The maximum atomic E-state index is 5.90. The molecule has 1 rings (SSSR count). The molecule has 0 bridgehead atoms. The van der Waals surface area contributed by atoms with Crippen molar-refractivity contribution in [3.8, 4) is 11.5 Å². The van der Waals surface area contributed by atoms with Gasteiger partial charge in [0.1, 0.15) is 0 Å². The topological polar surface area (TPSA) is 39.7 Å². The molecular formula is C16H26BrNO3. The Bertz CT molecular complexity index is 426. The minimum absolute atomic E-state index is 0.525. The number of halogens is 1. The van der Waals surface area contributed by atoms with Crippen molar-refractivity contribution in [1.82, 2.24) is 5.32 Å². The van der Waals surface area contributed by atoms with Gasteiger partial charge in [0.05, 0.1) is 24.8 Å². The van der Waals surface area contributed by atoms with Gasteiger partial charge in [-0.05, 0) is 39.5 Å². The minimum Gasteiger partial charge on any atom is -0.493 e. The smallest absolute Gasteiger partial charge is 0.175 e. The quantitative estimate of drug-likeness (QED) is 0.647. The highest BCUT2D eigenvalue weighted by Gasteiger charge is 2.12. The predicted molar refractivity (Wildman–Crippen MR) is 89.2 cm³/mol. The van der Waals surface area contributed by atoms with Gasteiger partial charge in [-0.15, -0.1) is 0 Å². The first kappa shape index (κ1) is 18.3. The van der Waals surface area contributed by atoms with Crippen molar-refractivity contribution in [3.05, 3.63) is 22.2 Å². The van der Waals surface area contributed by atoms with Crippen molar-refractivity contribution in [2.24, 2.45) is 5.92 Å². The van der Waals surface area contributed by atoms with Crippen molar-refractivity contribution in [1.29, 1.82) is 0 Å². The van der Waals surface area contributed by atoms with Crippen LogP contribution in [0, 0.1) is 5.92 Å². The molecule has 1 unspecified atom stereocenters. The van der Waals surface area contributed by atoms with Crippen LogP contribution in [0.3, 0.4) is 0 Å². The Hall–Kier alpha value is -0.780. The molecule has 0 fully saturated rings. The summed E-state index contributed by atoms with van der Waals surface area (Å²) in [6.07, 6.45) is 1.10. The Labute approximate surface area is 136 Å². The SMILES string of the molecule is CCC(C)COc1c(Br)cc(CNCCOC)cc1OC. The third-order valence-electron chi connectivity index (χ3n) is 3.31. The van der Waals surface area contributed by atoms with E-state index in [1.807, 2.05) is 6.07 Å². The Morgan fingerprint density at radius 3 is 2.67 bits per heavy atom. The second-order valence-electron chi connectivity index (χ2n) is 5.10. The van der Waals surface area contributed by atoms with Crippen LogP contribution in [0.25, 0.3) is 0 Å². The summed E-state index contributed by atoms with van der Waals surface area (Å²) in [5.41, 5.74) is 1.14. The third kappa shape index (κ3) is 6.24. The van der Waals surface area contributed by atoms with E-state index in [-0.39, 0.29) is 0 Å². The fourth-order valence-electron chi connectivity index (χ4n) is 1.77. The van der Waals surface area contributed by atoms with Crippen LogP contribution in [0.1, 0.15) is 25.8 Å². The average molecular weight is 360 g/mol. The highest BCUT2D eigenvalue weighted by molar-refractivity contribution is 9.10. The van der Waals surface area contributed by atoms with Crippen LogP contribution < -0.4 is 14.8 Å². The van der Waals surface area contributed by atoms with Gasteiger partial charge < -0.3 is 19.5 Å². The zero-order valence-corrected chi connectivity index (χ0v) is 15.0. The van der Waals surface area contributed by atoms with Gasteiger partial charge in [0.2, 0.25) is 0 Å². The summed E-state index contributed by atoms with van der Waals surface area (Å²) in [6, 6.07) is 4.07. The van der Waals surface area contributed by atoms with Gasteiger partial charge in [-0.2, -0.15) is 0 Å². The Morgan fingerprint density at radius 1 is 1.29 bits per heavy atom. The van der Waals surface area contributed by atoms with Crippen LogP contribution in [0.5, 0.6) is 11.5 Å². The van der Waals surface area contributed by atoms with Gasteiger partial charge in [0.25, 0.3) is 0 Å². The van der Waals surface area contributed by atoms with Crippen molar-refractivity contribution >= 4 is 15.9 Å². The van der Waals surface area contributed by atoms with Crippen molar-refractivity contribution in [2.75, 3.05) is 34.0 Å². The lowest BCUT2D eigenvalue weighted by molar-refractivity contribution is 0.199. The number of hydrogen-bond acceptors (Lipinski definition) is 4. The molecule has 21 heavy (non-hydrogen) atoms. The summed E-state index contributed by atoms with van der Waals surface area (Å²) < 4.78 is 17.3. The summed E-state index contributed by atoms with van der Waals surface area (Å²) >= 11 is 3.58. The number of benzene rings is 1. The first-order valence-corrected chi connectivity index (χ1v) is 8.10. The van der Waals surface area contributed by atoms with E-state index in [1.165, 1.54) is 0 Å². The van der Waals surface area contributed by atoms with Crippen LogP contribution in [-0.2, 0) is 11.3 Å². The van der Waals surface area contributed by atoms with Crippen LogP contribution in [0.2, 0.25) is 0 Å². The molecule has 0 spiro atoms. The zero-order chi connectivity index (χ0) is 15.7. The second kappa shape index (κ2) is 10.0. The molecule has 120 valence electrons. The van der Waals surface area contributed by atoms with Crippen molar-refractivity contribution in [2.45, 2.75) is 26.8 Å². The van der Waals surface area contributed by atoms with E-state index in [0.717, 1.165) is 41.0 Å². The molecule has 0 aromatic heterocycles. The molecule has 5 heteroatoms. The lowest BCUT2D eigenvalue weighted by atomic mass is 10.1. The minimum atomic E-state index is 0.525. The van der Waals surface area contributed by atoms with E-state index in [9.17, 15) is 0 Å². The van der Waals surface area contributed by atoms with Gasteiger partial charge in [-0.25, -0.2) is 0 Å². The molecule has 1 aromatic rings. The fourth-order valence-corrected chi connectivity index (χ4v) is 2.37. The van der Waals surface area contributed by atoms with E-state index >= 15 is 0 Å². The zero-order valence-electron chi connectivity index (χ0n) is 13.4. The van der Waals surface area contributed by atoms with Gasteiger partial charge in [0.15, 0.2) is 11.5 Å². The molecule has 0 aliphatic rings. The van der Waals surface area contributed by atoms with E-state index < -0.39 is 0 Å². The van der Waals surface area contributed by atoms with Crippen LogP contribution in [-0.4, -0.2) is 34.0 Å². The molecule has 0 amide bonds. The second-order valence-corrected chi connectivity index (χ2v) is 5.96. The van der Waals surface area contributed by atoms with Gasteiger partial charge in [-0.3, -0.25) is 0 Å². The Balaban J connectivity index is 2.72. The number of ether oxygens (including phenoxy) is 3. The number of nitrogens with one attached hydrogen (secondary N) is 1. The van der Waals surface area contributed by atoms with Crippen molar-refractivity contribution < 1.29 is 14.2 Å². The average Bonchev–Trinajstić information content (AvgIpc) is 2.49. The van der Waals surface area contributed by atoms with Gasteiger partial charge in [-0.1, -0.05) is 20.3 Å². The Morgan fingerprint density at radius 2 is 2.05 bits per heavy atom. The summed E-state index contributed by atoms with van der Waals surface area (Å²) in [5.74, 6) is 2.06. The molecule has 0 radical (unpaired) electrons. The summed E-state index contributed by atoms with van der Waals surface area (Å²) in [7, 11) is 3.37. The molecule has 0 heterocycles. The van der Waals surface area contributed by atoms with Crippen LogP contribution in [0.15, 0.2) is 16.6 Å². The van der Waals surface area contributed by atoms with Crippen LogP contribution >= 0.6 is 15.9 Å². The van der Waals surface area contributed by atoms with Gasteiger partial charge in [0, 0.05) is 20.2 Å². The maximum Gasteiger partial charge on any atom is 0.175 e. The predicted octanol–water partition coefficient (Wildman–Crippen LogP) is 3.62. The summed E-state index contributed by atoms with van der Waals surface area (Å²) in [5, 5.41) is 3.32. The lowest BCUT2D eigenvalue weighted by Gasteiger charge is -2.16. The van der Waals surface area contributed by atoms with Crippen molar-refractivity contribution in [3.63, 3.8) is 0 Å². The van der Waals surface area contributed by atoms with E-state index in [1.54, 1.807) is 14.2 Å². The summed E-state index contributed by atoms with van der Waals surface area (Å²) in [6.45, 7) is 7.32. The van der Waals surface area contributed by atoms with E-state index in [2.05, 4.69) is 41.2 Å². The molecule has 0 aliphatic heterocycles. The molecule has 0 saturated carbocycles. The molecular weight excluding hydrogens is 334 g/mol. The maximum absolute atomic E-state index is 5.90. The first-order chi connectivity index (χ1) is 10.1. The standard InChI is InChI=1S/C16H26BrNO3/c1-5-12(2)11-21-16-14(17)8-13(9-15(16)20-4)10-18-6-7-19-3/h8-9,12,18H,5-7,10-11H2,1-4H3. The fraction of sp³-hybridized carbons (Fsp3) is 0.625. The highest BCUT2D eigenvalue weighted by Crippen LogP contribution is 2.37. The normalized spacial score (nSPS) is 12.2. The van der Waals surface area contributed by atoms with Gasteiger partial charge >= 0.3 is 0 Å². The molecule has 1 N–H and O–H groups in total. The monoisotopic (exact) mass is 359 g/mol. The van der Waals surface area contributed by atoms with Crippen LogP contribution in [0.4, 0.5) is 0 Å². The van der Waals surface area contributed by atoms with E-state index in [0.29, 0.717) is 19.1 Å². The number of methoxy groups -OCH3 is 2. The number of hydrogen-bond donors (Lipinski definition) is 1. The Kier molecular flexibility index (Phi) is 8.73.